The molecule has 0 N–H and O–H groups in total. The van der Waals surface area contributed by atoms with Crippen LogP contribution in [0, 0.1) is 6.92 Å². The minimum atomic E-state index is -2.96. The zero-order valence-corrected chi connectivity index (χ0v) is 14.5. The van der Waals surface area contributed by atoms with E-state index in [1.165, 1.54) is 0 Å². The second-order valence-electron chi connectivity index (χ2n) is 5.98. The highest BCUT2D eigenvalue weighted by Gasteiger charge is 2.37. The molecule has 0 radical (unpaired) electrons. The molecule has 0 spiro atoms. The van der Waals surface area contributed by atoms with Crippen LogP contribution in [-0.4, -0.2) is 26.3 Å². The maximum atomic E-state index is 13.5. The molecule has 0 unspecified atom stereocenters. The molecular weight excluding hydrogens is 324 g/mol. The number of benzene rings is 2. The van der Waals surface area contributed by atoms with Crippen LogP contribution in [-0.2, 0) is 9.73 Å². The van der Waals surface area contributed by atoms with Crippen molar-refractivity contribution in [3.05, 3.63) is 65.2 Å². The van der Waals surface area contributed by atoms with Gasteiger partial charge in [0.2, 0.25) is 0 Å². The average molecular weight is 342 g/mol. The summed E-state index contributed by atoms with van der Waals surface area (Å²) in [6.45, 7) is 5.47. The Hall–Kier alpha value is -2.47. The lowest BCUT2D eigenvalue weighted by molar-refractivity contribution is 0.0661. The molecule has 1 heterocycles. The second kappa shape index (κ2) is 5.87. The van der Waals surface area contributed by atoms with E-state index in [9.17, 15) is 13.8 Å². The number of carbonyl (C=O) groups excluding carboxylic acids is 2. The van der Waals surface area contributed by atoms with Gasteiger partial charge in [0.15, 0.2) is 0 Å². The monoisotopic (exact) mass is 342 g/mol. The lowest BCUT2D eigenvalue weighted by Gasteiger charge is -2.17. The van der Waals surface area contributed by atoms with E-state index in [2.05, 4.69) is 4.47 Å². The van der Waals surface area contributed by atoms with E-state index >= 15 is 0 Å². The van der Waals surface area contributed by atoms with Crippen molar-refractivity contribution >= 4 is 21.5 Å². The van der Waals surface area contributed by atoms with Gasteiger partial charge < -0.3 is 0 Å². The normalized spacial score (nSPS) is 16.2. The summed E-state index contributed by atoms with van der Waals surface area (Å²) in [5.41, 5.74) is 1.62. The van der Waals surface area contributed by atoms with Crippen LogP contribution < -0.4 is 0 Å². The van der Waals surface area contributed by atoms with Gasteiger partial charge in [0, 0.05) is 10.1 Å². The standard InChI is InChI=1S/C18H18N2O3S/c1-12(2)24(23,14-10-8-13(3)9-11-14)19-20-17(21)15-6-4-5-7-16(15)18(20)22/h4-12H,1-3H3/t24-/m1/s1. The van der Waals surface area contributed by atoms with Gasteiger partial charge in [0.1, 0.15) is 9.73 Å². The number of hydrogen-bond acceptors (Lipinski definition) is 4. The van der Waals surface area contributed by atoms with Crippen molar-refractivity contribution in [1.29, 1.82) is 0 Å². The molecule has 6 heteroatoms. The molecular formula is C18H18N2O3S. The van der Waals surface area contributed by atoms with E-state index in [0.717, 1.165) is 10.6 Å². The molecule has 2 aromatic carbocycles. The lowest BCUT2D eigenvalue weighted by Crippen LogP contribution is -2.28. The Morgan fingerprint density at radius 3 is 1.88 bits per heavy atom. The topological polar surface area (TPSA) is 66.8 Å². The summed E-state index contributed by atoms with van der Waals surface area (Å²) >= 11 is 0. The summed E-state index contributed by atoms with van der Waals surface area (Å²) in [5.74, 6) is -1.06. The molecule has 0 bridgehead atoms. The van der Waals surface area contributed by atoms with Crippen LogP contribution in [0.3, 0.4) is 0 Å². The number of amides is 2. The van der Waals surface area contributed by atoms with Gasteiger partial charge in [0.05, 0.1) is 11.1 Å². The Bertz CT molecular complexity index is 904. The van der Waals surface area contributed by atoms with Gasteiger partial charge in [-0.3, -0.25) is 9.59 Å². The largest absolute Gasteiger partial charge is 0.282 e. The zero-order valence-electron chi connectivity index (χ0n) is 13.7. The molecule has 0 aliphatic carbocycles. The highest BCUT2D eigenvalue weighted by atomic mass is 32.2. The van der Waals surface area contributed by atoms with E-state index in [1.54, 1.807) is 50.2 Å². The Balaban J connectivity index is 2.14. The first-order valence-corrected chi connectivity index (χ1v) is 9.23. The van der Waals surface area contributed by atoms with Crippen LogP contribution in [0.1, 0.15) is 40.1 Å². The van der Waals surface area contributed by atoms with E-state index in [-0.39, 0.29) is 5.25 Å². The molecule has 0 saturated carbocycles. The van der Waals surface area contributed by atoms with Crippen LogP contribution >= 0.6 is 0 Å². The summed E-state index contributed by atoms with van der Waals surface area (Å²) in [5, 5.41) is 0.400. The molecule has 124 valence electrons. The Kier molecular flexibility index (Phi) is 4.01. The highest BCUT2D eigenvalue weighted by molar-refractivity contribution is 7.94. The van der Waals surface area contributed by atoms with Crippen molar-refractivity contribution in [3.63, 3.8) is 0 Å². The minimum Gasteiger partial charge on any atom is -0.267 e. The number of aryl methyl sites for hydroxylation is 1. The predicted molar refractivity (Wildman–Crippen MR) is 92.1 cm³/mol. The third-order valence-electron chi connectivity index (χ3n) is 3.97. The number of rotatable bonds is 3. The molecule has 24 heavy (non-hydrogen) atoms. The summed E-state index contributed by atoms with van der Waals surface area (Å²) < 4.78 is 17.6. The van der Waals surface area contributed by atoms with Gasteiger partial charge in [0.25, 0.3) is 11.8 Å². The summed E-state index contributed by atoms with van der Waals surface area (Å²) in [4.78, 5) is 25.5. The van der Waals surface area contributed by atoms with Crippen LogP contribution in [0.25, 0.3) is 0 Å². The first-order valence-electron chi connectivity index (χ1n) is 7.65. The second-order valence-corrected chi connectivity index (χ2v) is 8.69. The van der Waals surface area contributed by atoms with Gasteiger partial charge in [-0.1, -0.05) is 29.8 Å². The van der Waals surface area contributed by atoms with Gasteiger partial charge >= 0.3 is 0 Å². The van der Waals surface area contributed by atoms with Gasteiger partial charge in [-0.25, -0.2) is 4.21 Å². The van der Waals surface area contributed by atoms with E-state index < -0.39 is 21.5 Å². The van der Waals surface area contributed by atoms with E-state index in [1.807, 2.05) is 19.1 Å². The van der Waals surface area contributed by atoms with Crippen molar-refractivity contribution in [1.82, 2.24) is 5.01 Å². The van der Waals surface area contributed by atoms with Gasteiger partial charge in [-0.15, -0.1) is 9.48 Å². The van der Waals surface area contributed by atoms with Crippen molar-refractivity contribution in [3.8, 4) is 0 Å². The maximum absolute atomic E-state index is 13.5. The Morgan fingerprint density at radius 1 is 0.917 bits per heavy atom. The molecule has 0 fully saturated rings. The number of carbonyl (C=O) groups is 2. The molecule has 0 aromatic heterocycles. The van der Waals surface area contributed by atoms with Crippen molar-refractivity contribution < 1.29 is 13.8 Å². The lowest BCUT2D eigenvalue weighted by atomic mass is 10.1. The quantitative estimate of drug-likeness (QED) is 0.803. The maximum Gasteiger partial charge on any atom is 0.282 e. The van der Waals surface area contributed by atoms with Crippen LogP contribution in [0.15, 0.2) is 57.9 Å². The van der Waals surface area contributed by atoms with E-state index in [0.29, 0.717) is 16.0 Å². The first-order chi connectivity index (χ1) is 11.3. The molecule has 1 atom stereocenters. The summed E-state index contributed by atoms with van der Waals surface area (Å²) in [7, 11) is -2.96. The molecule has 1 aliphatic heterocycles. The Labute approximate surface area is 141 Å². The molecule has 0 saturated heterocycles. The molecule has 5 nitrogen and oxygen atoms in total. The summed E-state index contributed by atoms with van der Waals surface area (Å²) in [6, 6.07) is 13.7. The third kappa shape index (κ3) is 2.53. The third-order valence-corrected chi connectivity index (χ3v) is 6.60. The zero-order chi connectivity index (χ0) is 17.5. The highest BCUT2D eigenvalue weighted by Crippen LogP contribution is 2.27. The SMILES string of the molecule is Cc1ccc([S@@](=O)(=NN2C(=O)c3ccccc3C2=O)C(C)C)cc1. The Morgan fingerprint density at radius 2 is 1.42 bits per heavy atom. The average Bonchev–Trinajstić information content (AvgIpc) is 2.80. The van der Waals surface area contributed by atoms with Crippen LogP contribution in [0.2, 0.25) is 0 Å². The summed E-state index contributed by atoms with van der Waals surface area (Å²) in [6.07, 6.45) is 0. The number of nitrogens with zero attached hydrogens (tertiary/aromatic N) is 2. The molecule has 1 aliphatic rings. The fourth-order valence-electron chi connectivity index (χ4n) is 2.52. The predicted octanol–water partition coefficient (Wildman–Crippen LogP) is 3.44. The molecule has 2 aromatic rings. The molecule has 2 amide bonds. The van der Waals surface area contributed by atoms with Crippen LogP contribution in [0.4, 0.5) is 0 Å². The smallest absolute Gasteiger partial charge is 0.267 e. The van der Waals surface area contributed by atoms with E-state index in [4.69, 9.17) is 0 Å². The van der Waals surface area contributed by atoms with Gasteiger partial charge in [-0.05, 0) is 45.0 Å². The number of imide groups is 1. The first kappa shape index (κ1) is 16.4. The fourth-order valence-corrected chi connectivity index (χ4v) is 4.26. The van der Waals surface area contributed by atoms with Gasteiger partial charge in [-0.2, -0.15) is 0 Å². The van der Waals surface area contributed by atoms with Crippen molar-refractivity contribution in [2.75, 3.05) is 0 Å². The molecule has 3 rings (SSSR count). The van der Waals surface area contributed by atoms with Crippen LogP contribution in [0.5, 0.6) is 0 Å². The van der Waals surface area contributed by atoms with Crippen molar-refractivity contribution in [2.24, 2.45) is 4.47 Å². The number of hydrogen-bond donors (Lipinski definition) is 0. The minimum absolute atomic E-state index is 0.292. The fraction of sp³-hybridized carbons (Fsp3) is 0.222. The number of fused-ring (bicyclic) bond motifs is 1. The van der Waals surface area contributed by atoms with Crippen molar-refractivity contribution in [2.45, 2.75) is 30.9 Å².